The van der Waals surface area contributed by atoms with E-state index in [1.54, 1.807) is 24.2 Å². The predicted octanol–water partition coefficient (Wildman–Crippen LogP) is 6.58. The lowest BCUT2D eigenvalue weighted by molar-refractivity contribution is -0.114. The lowest BCUT2D eigenvalue weighted by Crippen LogP contribution is -2.29. The number of methoxy groups -OCH3 is 1. The number of fused-ring (bicyclic) bond motifs is 3. The molecule has 1 aliphatic rings. The monoisotopic (exact) mass is 492 g/mol. The van der Waals surface area contributed by atoms with Crippen molar-refractivity contribution in [1.82, 2.24) is 0 Å². The number of rotatable bonds is 5. The number of amides is 2. The highest BCUT2D eigenvalue weighted by Gasteiger charge is 2.34. The van der Waals surface area contributed by atoms with E-state index in [9.17, 15) is 9.59 Å². The number of hydrogen-bond acceptors (Lipinski definition) is 4. The average Bonchev–Trinajstić information content (AvgIpc) is 3.20. The summed E-state index contributed by atoms with van der Waals surface area (Å²) in [6, 6.07) is 17.1. The number of benzene rings is 3. The molecular weight excluding hydrogens is 464 g/mol. The molecule has 0 saturated carbocycles. The van der Waals surface area contributed by atoms with E-state index in [0.717, 1.165) is 33.3 Å². The molecule has 3 aromatic carbocycles. The first-order valence-corrected chi connectivity index (χ1v) is 12.0. The molecule has 3 aromatic rings. The van der Waals surface area contributed by atoms with Gasteiger partial charge >= 0.3 is 6.09 Å². The smallest absolute Gasteiger partial charge is 0.412 e. The maximum absolute atomic E-state index is 13.3. The minimum absolute atomic E-state index is 0.0227. The van der Waals surface area contributed by atoms with Crippen molar-refractivity contribution >= 4 is 51.8 Å². The summed E-state index contributed by atoms with van der Waals surface area (Å²) in [5.41, 5.74) is 2.59. The summed E-state index contributed by atoms with van der Waals surface area (Å²) in [6.07, 6.45) is 2.78. The van der Waals surface area contributed by atoms with Crippen molar-refractivity contribution in [2.45, 2.75) is 32.3 Å². The van der Waals surface area contributed by atoms with Crippen LogP contribution < -0.4 is 15.0 Å². The molecule has 0 spiro atoms. The summed E-state index contributed by atoms with van der Waals surface area (Å²) in [7, 11) is 1.61. The molecule has 1 N–H and O–H groups in total. The van der Waals surface area contributed by atoms with Gasteiger partial charge < -0.3 is 14.4 Å². The van der Waals surface area contributed by atoms with Crippen molar-refractivity contribution in [3.8, 4) is 5.75 Å². The number of anilines is 2. The number of alkyl halides is 1. The standard InChI is InChI=1S/C28H29ClN2O4/c1-28(2,3)35-27(33)30-23-15-24-26(22-8-6-5-7-21(22)23)19(16-29)17-31(24)25(32)14-11-18-9-12-20(34-4)13-10-18/h5-15,19H,16-17H2,1-4H3,(H,30,33). The van der Waals surface area contributed by atoms with Crippen LogP contribution in [-0.4, -0.2) is 37.1 Å². The molecule has 0 bridgehead atoms. The third-order valence-corrected chi connectivity index (χ3v) is 6.16. The molecule has 0 aliphatic carbocycles. The highest BCUT2D eigenvalue weighted by atomic mass is 35.5. The van der Waals surface area contributed by atoms with E-state index >= 15 is 0 Å². The zero-order chi connectivity index (χ0) is 25.2. The van der Waals surface area contributed by atoms with Gasteiger partial charge in [0, 0.05) is 29.8 Å². The van der Waals surface area contributed by atoms with E-state index in [1.807, 2.05) is 75.4 Å². The van der Waals surface area contributed by atoms with Crippen LogP contribution in [-0.2, 0) is 9.53 Å². The number of hydrogen-bond donors (Lipinski definition) is 1. The maximum atomic E-state index is 13.3. The molecule has 4 rings (SSSR count). The summed E-state index contributed by atoms with van der Waals surface area (Å²) < 4.78 is 10.6. The summed E-state index contributed by atoms with van der Waals surface area (Å²) in [5.74, 6) is 0.949. The first-order valence-electron chi connectivity index (χ1n) is 11.5. The van der Waals surface area contributed by atoms with Gasteiger partial charge in [0.15, 0.2) is 0 Å². The Kier molecular flexibility index (Phi) is 7.03. The first-order chi connectivity index (χ1) is 16.7. The van der Waals surface area contributed by atoms with Crippen LogP contribution in [0.25, 0.3) is 16.8 Å². The van der Waals surface area contributed by atoms with E-state index < -0.39 is 11.7 Å². The van der Waals surface area contributed by atoms with Gasteiger partial charge in [0.05, 0.1) is 18.5 Å². The second kappa shape index (κ2) is 10.0. The van der Waals surface area contributed by atoms with Gasteiger partial charge in [0.25, 0.3) is 5.91 Å². The van der Waals surface area contributed by atoms with E-state index in [0.29, 0.717) is 18.1 Å². The number of carbonyl (C=O) groups is 2. The number of nitrogens with zero attached hydrogens (tertiary/aromatic N) is 1. The topological polar surface area (TPSA) is 67.9 Å². The fourth-order valence-electron chi connectivity index (χ4n) is 4.27. The molecule has 0 fully saturated rings. The van der Waals surface area contributed by atoms with Crippen LogP contribution in [0.3, 0.4) is 0 Å². The number of ether oxygens (including phenoxy) is 2. The normalized spacial score (nSPS) is 15.3. The average molecular weight is 493 g/mol. The van der Waals surface area contributed by atoms with Gasteiger partial charge in [0.2, 0.25) is 0 Å². The Balaban J connectivity index is 1.70. The van der Waals surface area contributed by atoms with Crippen LogP contribution in [0.4, 0.5) is 16.2 Å². The third kappa shape index (κ3) is 5.43. The van der Waals surface area contributed by atoms with Crippen molar-refractivity contribution in [3.63, 3.8) is 0 Å². The Bertz CT molecular complexity index is 1280. The van der Waals surface area contributed by atoms with Gasteiger partial charge in [-0.2, -0.15) is 0 Å². The van der Waals surface area contributed by atoms with Crippen LogP contribution in [0.15, 0.2) is 60.7 Å². The summed E-state index contributed by atoms with van der Waals surface area (Å²) in [4.78, 5) is 27.6. The van der Waals surface area contributed by atoms with Crippen LogP contribution in [0, 0.1) is 0 Å². The van der Waals surface area contributed by atoms with Crippen LogP contribution in [0.1, 0.15) is 37.8 Å². The van der Waals surface area contributed by atoms with E-state index in [2.05, 4.69) is 5.32 Å². The molecule has 0 saturated heterocycles. The highest BCUT2D eigenvalue weighted by molar-refractivity contribution is 6.19. The maximum Gasteiger partial charge on any atom is 0.412 e. The Morgan fingerprint density at radius 3 is 2.43 bits per heavy atom. The molecule has 0 aromatic heterocycles. The van der Waals surface area contributed by atoms with Gasteiger partial charge in [-0.15, -0.1) is 11.6 Å². The molecule has 7 heteroatoms. The molecule has 35 heavy (non-hydrogen) atoms. The zero-order valence-corrected chi connectivity index (χ0v) is 21.1. The Hall–Kier alpha value is -3.51. The number of carbonyl (C=O) groups excluding carboxylic acids is 2. The molecule has 0 radical (unpaired) electrons. The quantitative estimate of drug-likeness (QED) is 0.323. The Morgan fingerprint density at radius 2 is 1.80 bits per heavy atom. The highest BCUT2D eigenvalue weighted by Crippen LogP contribution is 2.45. The van der Waals surface area contributed by atoms with Crippen LogP contribution in [0.5, 0.6) is 5.75 Å². The summed E-state index contributed by atoms with van der Waals surface area (Å²) in [6.45, 7) is 5.90. The largest absolute Gasteiger partial charge is 0.497 e. The number of nitrogens with one attached hydrogen (secondary N) is 1. The van der Waals surface area contributed by atoms with Crippen molar-refractivity contribution < 1.29 is 19.1 Å². The molecule has 1 atom stereocenters. The second-order valence-corrected chi connectivity index (χ2v) is 9.74. The molecular formula is C28H29ClN2O4. The Labute approximate surface area is 210 Å². The van der Waals surface area contributed by atoms with Gasteiger partial charge in [-0.05, 0) is 61.6 Å². The molecule has 182 valence electrons. The number of halogens is 1. The van der Waals surface area contributed by atoms with Crippen LogP contribution in [0.2, 0.25) is 0 Å². The van der Waals surface area contributed by atoms with Crippen molar-refractivity contribution in [2.75, 3.05) is 29.8 Å². The molecule has 2 amide bonds. The minimum Gasteiger partial charge on any atom is -0.497 e. The van der Waals surface area contributed by atoms with Gasteiger partial charge in [0.1, 0.15) is 11.4 Å². The van der Waals surface area contributed by atoms with Crippen molar-refractivity contribution in [2.24, 2.45) is 0 Å². The second-order valence-electron chi connectivity index (χ2n) is 9.44. The minimum atomic E-state index is -0.630. The van der Waals surface area contributed by atoms with Gasteiger partial charge in [-0.1, -0.05) is 36.4 Å². The Morgan fingerprint density at radius 1 is 1.11 bits per heavy atom. The first kappa shape index (κ1) is 24.6. The summed E-state index contributed by atoms with van der Waals surface area (Å²) in [5, 5.41) is 4.70. The molecule has 1 heterocycles. The molecule has 1 aliphatic heterocycles. The lowest BCUT2D eigenvalue weighted by atomic mass is 9.95. The third-order valence-electron chi connectivity index (χ3n) is 5.79. The van der Waals surface area contributed by atoms with Gasteiger partial charge in [-0.25, -0.2) is 4.79 Å². The van der Waals surface area contributed by atoms with Crippen LogP contribution >= 0.6 is 11.6 Å². The van der Waals surface area contributed by atoms with Gasteiger partial charge in [-0.3, -0.25) is 10.1 Å². The fraction of sp³-hybridized carbons (Fsp3) is 0.286. The SMILES string of the molecule is COc1ccc(C=CC(=O)N2CC(CCl)c3c2cc(NC(=O)OC(C)(C)C)c2ccccc32)cc1. The van der Waals surface area contributed by atoms with Crippen molar-refractivity contribution in [1.29, 1.82) is 0 Å². The zero-order valence-electron chi connectivity index (χ0n) is 20.3. The summed E-state index contributed by atoms with van der Waals surface area (Å²) >= 11 is 6.35. The molecule has 1 unspecified atom stereocenters. The fourth-order valence-corrected chi connectivity index (χ4v) is 4.52. The van der Waals surface area contributed by atoms with E-state index in [4.69, 9.17) is 21.1 Å². The lowest BCUT2D eigenvalue weighted by Gasteiger charge is -2.21. The van der Waals surface area contributed by atoms with E-state index in [1.165, 1.54) is 0 Å². The molecule has 6 nitrogen and oxygen atoms in total. The predicted molar refractivity (Wildman–Crippen MR) is 142 cm³/mol. The van der Waals surface area contributed by atoms with Crippen molar-refractivity contribution in [3.05, 3.63) is 71.8 Å². The van der Waals surface area contributed by atoms with E-state index in [-0.39, 0.29) is 11.8 Å².